The van der Waals surface area contributed by atoms with Crippen molar-refractivity contribution in [3.05, 3.63) is 65.2 Å². The van der Waals surface area contributed by atoms with Gasteiger partial charge in [0, 0.05) is 32.7 Å². The molecule has 1 fully saturated rings. The molecule has 2 N–H and O–H groups in total. The summed E-state index contributed by atoms with van der Waals surface area (Å²) < 4.78 is 11.3. The first-order chi connectivity index (χ1) is 14.7. The quantitative estimate of drug-likeness (QED) is 0.291. The number of morpholine rings is 1. The third-order valence-corrected chi connectivity index (χ3v) is 5.02. The van der Waals surface area contributed by atoms with E-state index in [-0.39, 0.29) is 24.0 Å². The van der Waals surface area contributed by atoms with Crippen LogP contribution in [0.15, 0.2) is 53.5 Å². The third-order valence-electron chi connectivity index (χ3n) is 5.02. The highest BCUT2D eigenvalue weighted by Gasteiger charge is 2.09. The lowest BCUT2D eigenvalue weighted by molar-refractivity contribution is 0.0322. The monoisotopic (exact) mass is 538 g/mol. The Hall–Kier alpha value is -1.84. The minimum absolute atomic E-state index is 0. The van der Waals surface area contributed by atoms with Gasteiger partial charge in [-0.05, 0) is 37.1 Å². The lowest BCUT2D eigenvalue weighted by atomic mass is 10.1. The van der Waals surface area contributed by atoms with Gasteiger partial charge in [0.2, 0.25) is 0 Å². The summed E-state index contributed by atoms with van der Waals surface area (Å²) in [5, 5.41) is 6.72. The van der Waals surface area contributed by atoms with E-state index in [2.05, 4.69) is 65.8 Å². The first-order valence-electron chi connectivity index (χ1n) is 10.8. The number of nitrogens with zero attached hydrogens (tertiary/aromatic N) is 2. The van der Waals surface area contributed by atoms with Crippen molar-refractivity contribution in [2.75, 3.05) is 46.0 Å². The van der Waals surface area contributed by atoms with E-state index in [4.69, 9.17) is 14.5 Å². The number of ether oxygens (including phenoxy) is 2. The zero-order valence-electron chi connectivity index (χ0n) is 18.6. The van der Waals surface area contributed by atoms with Crippen LogP contribution in [0.1, 0.15) is 23.6 Å². The first-order valence-corrected chi connectivity index (χ1v) is 10.8. The molecule has 1 aliphatic heterocycles. The van der Waals surface area contributed by atoms with Crippen molar-refractivity contribution in [3.63, 3.8) is 0 Å². The standard InChI is InChI=1S/C24H34N4O2.HI/c1-3-25-24(26-18-21-9-7-20(2)8-10-21)27-19-22-5-4-6-23(17-22)30-16-13-28-11-14-29-15-12-28;/h4-10,17H,3,11-16,18-19H2,1-2H3,(H2,25,26,27);1H. The molecule has 170 valence electrons. The minimum Gasteiger partial charge on any atom is -0.492 e. The zero-order valence-corrected chi connectivity index (χ0v) is 20.9. The molecule has 3 rings (SSSR count). The van der Waals surface area contributed by atoms with E-state index >= 15 is 0 Å². The van der Waals surface area contributed by atoms with Crippen LogP contribution in [-0.2, 0) is 17.8 Å². The molecular weight excluding hydrogens is 503 g/mol. The Morgan fingerprint density at radius 1 is 1.06 bits per heavy atom. The normalized spacial score (nSPS) is 14.6. The molecule has 0 amide bonds. The second-order valence-electron chi connectivity index (χ2n) is 7.48. The van der Waals surface area contributed by atoms with Crippen molar-refractivity contribution >= 4 is 29.9 Å². The maximum Gasteiger partial charge on any atom is 0.191 e. The fourth-order valence-electron chi connectivity index (χ4n) is 3.25. The van der Waals surface area contributed by atoms with E-state index in [1.165, 1.54) is 11.1 Å². The molecule has 1 heterocycles. The van der Waals surface area contributed by atoms with Crippen molar-refractivity contribution in [2.24, 2.45) is 4.99 Å². The molecule has 1 saturated heterocycles. The Morgan fingerprint density at radius 2 is 1.84 bits per heavy atom. The number of aryl methyl sites for hydroxylation is 1. The van der Waals surface area contributed by atoms with Gasteiger partial charge in [-0.3, -0.25) is 4.90 Å². The molecule has 2 aromatic rings. The summed E-state index contributed by atoms with van der Waals surface area (Å²) in [7, 11) is 0. The van der Waals surface area contributed by atoms with E-state index in [0.717, 1.165) is 63.2 Å². The second-order valence-corrected chi connectivity index (χ2v) is 7.48. The van der Waals surface area contributed by atoms with Crippen LogP contribution in [0, 0.1) is 6.92 Å². The van der Waals surface area contributed by atoms with Gasteiger partial charge in [0.15, 0.2) is 5.96 Å². The number of benzene rings is 2. The molecule has 0 radical (unpaired) electrons. The molecule has 31 heavy (non-hydrogen) atoms. The van der Waals surface area contributed by atoms with E-state index in [1.807, 2.05) is 12.1 Å². The second kappa shape index (κ2) is 14.3. The van der Waals surface area contributed by atoms with Gasteiger partial charge < -0.3 is 20.1 Å². The fourth-order valence-corrected chi connectivity index (χ4v) is 3.25. The molecule has 0 unspecified atom stereocenters. The first kappa shape index (κ1) is 25.4. The summed E-state index contributed by atoms with van der Waals surface area (Å²) >= 11 is 0. The van der Waals surface area contributed by atoms with Crippen molar-refractivity contribution in [3.8, 4) is 5.75 Å². The van der Waals surface area contributed by atoms with Gasteiger partial charge in [0.1, 0.15) is 12.4 Å². The molecule has 6 nitrogen and oxygen atoms in total. The van der Waals surface area contributed by atoms with Crippen LogP contribution in [0.5, 0.6) is 5.75 Å². The van der Waals surface area contributed by atoms with Crippen LogP contribution < -0.4 is 15.4 Å². The number of aliphatic imine (C=N–C) groups is 1. The molecule has 0 saturated carbocycles. The van der Waals surface area contributed by atoms with E-state index in [9.17, 15) is 0 Å². The van der Waals surface area contributed by atoms with Crippen molar-refractivity contribution in [2.45, 2.75) is 26.9 Å². The summed E-state index contributed by atoms with van der Waals surface area (Å²) in [6, 6.07) is 16.7. The summed E-state index contributed by atoms with van der Waals surface area (Å²) in [6.45, 7) is 11.6. The predicted molar refractivity (Wildman–Crippen MR) is 137 cm³/mol. The summed E-state index contributed by atoms with van der Waals surface area (Å²) in [6.07, 6.45) is 0. The van der Waals surface area contributed by atoms with Gasteiger partial charge >= 0.3 is 0 Å². The lowest BCUT2D eigenvalue weighted by Crippen LogP contribution is -2.38. The molecule has 7 heteroatoms. The number of halogens is 1. The summed E-state index contributed by atoms with van der Waals surface area (Å²) in [4.78, 5) is 7.10. The fraction of sp³-hybridized carbons (Fsp3) is 0.458. The average molecular weight is 538 g/mol. The topological polar surface area (TPSA) is 58.1 Å². The highest BCUT2D eigenvalue weighted by Crippen LogP contribution is 2.14. The van der Waals surface area contributed by atoms with E-state index in [1.54, 1.807) is 0 Å². The van der Waals surface area contributed by atoms with Crippen LogP contribution in [0.3, 0.4) is 0 Å². The Bertz CT molecular complexity index is 792. The van der Waals surface area contributed by atoms with Gasteiger partial charge in [0.25, 0.3) is 0 Å². The van der Waals surface area contributed by atoms with E-state index < -0.39 is 0 Å². The van der Waals surface area contributed by atoms with E-state index in [0.29, 0.717) is 13.2 Å². The van der Waals surface area contributed by atoms with Gasteiger partial charge in [-0.1, -0.05) is 42.0 Å². The molecular formula is C24H35IN4O2. The van der Waals surface area contributed by atoms with Gasteiger partial charge in [0.05, 0.1) is 19.8 Å². The number of hydrogen-bond acceptors (Lipinski definition) is 4. The van der Waals surface area contributed by atoms with Crippen molar-refractivity contribution in [1.29, 1.82) is 0 Å². The van der Waals surface area contributed by atoms with Gasteiger partial charge in [-0.25, -0.2) is 4.99 Å². The summed E-state index contributed by atoms with van der Waals surface area (Å²) in [5.41, 5.74) is 3.64. The molecule has 0 aromatic heterocycles. The third kappa shape index (κ3) is 9.45. The lowest BCUT2D eigenvalue weighted by Gasteiger charge is -2.26. The average Bonchev–Trinajstić information content (AvgIpc) is 2.78. The highest BCUT2D eigenvalue weighted by molar-refractivity contribution is 14.0. The molecule has 0 spiro atoms. The smallest absolute Gasteiger partial charge is 0.191 e. The minimum atomic E-state index is 0. The number of guanidine groups is 1. The Morgan fingerprint density at radius 3 is 2.58 bits per heavy atom. The maximum absolute atomic E-state index is 5.96. The molecule has 2 aromatic carbocycles. The summed E-state index contributed by atoms with van der Waals surface area (Å²) in [5.74, 6) is 1.71. The van der Waals surface area contributed by atoms with Gasteiger partial charge in [-0.15, -0.1) is 24.0 Å². The van der Waals surface area contributed by atoms with Crippen LogP contribution in [0.4, 0.5) is 0 Å². The Labute approximate surface area is 203 Å². The molecule has 0 aliphatic carbocycles. The largest absolute Gasteiger partial charge is 0.492 e. The molecule has 0 atom stereocenters. The maximum atomic E-state index is 5.96. The highest BCUT2D eigenvalue weighted by atomic mass is 127. The Balaban J connectivity index is 0.00000341. The van der Waals surface area contributed by atoms with Crippen molar-refractivity contribution < 1.29 is 9.47 Å². The Kier molecular flexibility index (Phi) is 11.7. The van der Waals surface area contributed by atoms with Crippen LogP contribution in [-0.4, -0.2) is 56.9 Å². The van der Waals surface area contributed by atoms with Gasteiger partial charge in [-0.2, -0.15) is 0 Å². The molecule has 1 aliphatic rings. The van der Waals surface area contributed by atoms with Crippen LogP contribution >= 0.6 is 24.0 Å². The van der Waals surface area contributed by atoms with Crippen LogP contribution in [0.2, 0.25) is 0 Å². The SMILES string of the molecule is CCNC(=NCc1cccc(OCCN2CCOCC2)c1)NCc1ccc(C)cc1.I. The zero-order chi connectivity index (χ0) is 21.0. The molecule has 0 bridgehead atoms. The number of rotatable bonds is 9. The number of hydrogen-bond donors (Lipinski definition) is 2. The van der Waals surface area contributed by atoms with Crippen LogP contribution in [0.25, 0.3) is 0 Å². The number of nitrogens with one attached hydrogen (secondary N) is 2. The van der Waals surface area contributed by atoms with Crippen molar-refractivity contribution in [1.82, 2.24) is 15.5 Å². The predicted octanol–water partition coefficient (Wildman–Crippen LogP) is 3.58.